The van der Waals surface area contributed by atoms with Crippen LogP contribution in [0.2, 0.25) is 0 Å². The largest absolute Gasteiger partial charge is 0.469 e. The van der Waals surface area contributed by atoms with Gasteiger partial charge < -0.3 is 13.9 Å². The van der Waals surface area contributed by atoms with Crippen LogP contribution in [-0.4, -0.2) is 36.5 Å². The van der Waals surface area contributed by atoms with Crippen LogP contribution in [0.3, 0.4) is 0 Å². The predicted octanol–water partition coefficient (Wildman–Crippen LogP) is 2.40. The normalized spacial score (nSPS) is 10.5. The first-order chi connectivity index (χ1) is 12.5. The van der Waals surface area contributed by atoms with Gasteiger partial charge in [0.2, 0.25) is 5.76 Å². The smallest absolute Gasteiger partial charge is 0.374 e. The molecule has 0 fully saturated rings. The predicted molar refractivity (Wildman–Crippen MR) is 93.0 cm³/mol. The van der Waals surface area contributed by atoms with Crippen LogP contribution in [0.1, 0.15) is 16.2 Å². The number of rotatable bonds is 6. The molecule has 1 N–H and O–H groups in total. The van der Waals surface area contributed by atoms with E-state index >= 15 is 0 Å². The summed E-state index contributed by atoms with van der Waals surface area (Å²) in [7, 11) is 1.29. The van der Waals surface area contributed by atoms with E-state index in [-0.39, 0.29) is 12.2 Å². The van der Waals surface area contributed by atoms with Gasteiger partial charge in [-0.15, -0.1) is 11.3 Å². The Labute approximate surface area is 151 Å². The molecule has 0 aliphatic heterocycles. The minimum Gasteiger partial charge on any atom is -0.469 e. The van der Waals surface area contributed by atoms with Gasteiger partial charge in [0.25, 0.3) is 5.91 Å². The van der Waals surface area contributed by atoms with Gasteiger partial charge in [-0.25, -0.2) is 9.78 Å². The lowest BCUT2D eigenvalue weighted by Gasteiger charge is -2.02. The van der Waals surface area contributed by atoms with E-state index in [0.29, 0.717) is 16.4 Å². The summed E-state index contributed by atoms with van der Waals surface area (Å²) in [5.74, 6) is -1.68. The molecule has 0 saturated heterocycles. The van der Waals surface area contributed by atoms with Crippen molar-refractivity contribution in [2.45, 2.75) is 6.42 Å². The van der Waals surface area contributed by atoms with Crippen LogP contribution in [0.5, 0.6) is 0 Å². The molecule has 134 valence electrons. The van der Waals surface area contributed by atoms with E-state index in [1.165, 1.54) is 7.11 Å². The number of nitrogens with zero attached hydrogens (tertiary/aromatic N) is 1. The van der Waals surface area contributed by atoms with Crippen molar-refractivity contribution in [2.24, 2.45) is 0 Å². The summed E-state index contributed by atoms with van der Waals surface area (Å²) < 4.78 is 14.9. The van der Waals surface area contributed by atoms with Gasteiger partial charge >= 0.3 is 11.9 Å². The van der Waals surface area contributed by atoms with Crippen molar-refractivity contribution in [1.82, 2.24) is 4.98 Å². The van der Waals surface area contributed by atoms with E-state index in [1.54, 1.807) is 29.6 Å². The maximum atomic E-state index is 12.0. The van der Waals surface area contributed by atoms with E-state index in [0.717, 1.165) is 16.7 Å². The summed E-state index contributed by atoms with van der Waals surface area (Å²) in [4.78, 5) is 39.1. The zero-order chi connectivity index (χ0) is 18.5. The van der Waals surface area contributed by atoms with Gasteiger partial charge in [0.05, 0.1) is 19.2 Å². The molecule has 0 saturated carbocycles. The molecule has 0 aliphatic carbocycles. The number of carbonyl (C=O) groups is 3. The molecule has 1 aromatic carbocycles. The average Bonchev–Trinajstić information content (AvgIpc) is 3.26. The number of ether oxygens (including phenoxy) is 2. The summed E-state index contributed by atoms with van der Waals surface area (Å²) in [5.41, 5.74) is 1.04. The van der Waals surface area contributed by atoms with Crippen LogP contribution in [0.4, 0.5) is 5.13 Å². The molecule has 3 rings (SSSR count). The first-order valence-electron chi connectivity index (χ1n) is 7.52. The highest BCUT2D eigenvalue weighted by molar-refractivity contribution is 7.13. The van der Waals surface area contributed by atoms with Crippen molar-refractivity contribution in [3.63, 3.8) is 0 Å². The number of anilines is 1. The number of nitrogens with one attached hydrogen (secondary N) is 1. The topological polar surface area (TPSA) is 108 Å². The summed E-state index contributed by atoms with van der Waals surface area (Å²) >= 11 is 1.15. The molecule has 2 heterocycles. The van der Waals surface area contributed by atoms with E-state index < -0.39 is 24.5 Å². The molecule has 0 radical (unpaired) electrons. The highest BCUT2D eigenvalue weighted by Gasteiger charge is 2.16. The van der Waals surface area contributed by atoms with Crippen molar-refractivity contribution in [1.29, 1.82) is 0 Å². The average molecular weight is 374 g/mol. The van der Waals surface area contributed by atoms with Crippen molar-refractivity contribution in [3.05, 3.63) is 47.2 Å². The zero-order valence-electron chi connectivity index (χ0n) is 13.7. The van der Waals surface area contributed by atoms with Gasteiger partial charge in [-0.2, -0.15) is 0 Å². The number of furan rings is 1. The van der Waals surface area contributed by atoms with Crippen LogP contribution in [0, 0.1) is 0 Å². The molecular weight excluding hydrogens is 360 g/mol. The quantitative estimate of drug-likeness (QED) is 0.660. The Morgan fingerprint density at radius 2 is 2.08 bits per heavy atom. The van der Waals surface area contributed by atoms with Crippen LogP contribution >= 0.6 is 11.3 Å². The SMILES string of the molecule is COC(=O)Cc1csc(NC(=O)COC(=O)c2cc3ccccc3o2)n1. The number of hydrogen-bond donors (Lipinski definition) is 1. The van der Waals surface area contributed by atoms with Crippen LogP contribution in [-0.2, 0) is 25.5 Å². The van der Waals surface area contributed by atoms with Crippen molar-refractivity contribution in [3.8, 4) is 0 Å². The second-order valence-corrected chi connectivity index (χ2v) is 6.03. The highest BCUT2D eigenvalue weighted by atomic mass is 32.1. The lowest BCUT2D eigenvalue weighted by atomic mass is 10.2. The number of fused-ring (bicyclic) bond motifs is 1. The fourth-order valence-electron chi connectivity index (χ4n) is 2.11. The summed E-state index contributed by atoms with van der Waals surface area (Å²) in [6.45, 7) is -0.484. The third kappa shape index (κ3) is 4.25. The number of benzene rings is 1. The summed E-state index contributed by atoms with van der Waals surface area (Å²) in [6, 6.07) is 8.69. The van der Waals surface area contributed by atoms with Crippen molar-refractivity contribution in [2.75, 3.05) is 19.0 Å². The van der Waals surface area contributed by atoms with Gasteiger partial charge in [-0.1, -0.05) is 18.2 Å². The first kappa shape index (κ1) is 17.6. The Hall–Kier alpha value is -3.20. The van der Waals surface area contributed by atoms with Crippen LogP contribution in [0.25, 0.3) is 11.0 Å². The molecule has 8 nitrogen and oxygen atoms in total. The molecule has 26 heavy (non-hydrogen) atoms. The molecule has 3 aromatic rings. The van der Waals surface area contributed by atoms with Gasteiger partial charge in [0, 0.05) is 10.8 Å². The van der Waals surface area contributed by atoms with Crippen LogP contribution in [0.15, 0.2) is 40.1 Å². The molecule has 0 bridgehead atoms. The van der Waals surface area contributed by atoms with Crippen LogP contribution < -0.4 is 5.32 Å². The fourth-order valence-corrected chi connectivity index (χ4v) is 2.83. The number of esters is 2. The molecule has 0 aliphatic rings. The minimum absolute atomic E-state index is 0.0178. The molecule has 0 atom stereocenters. The maximum Gasteiger partial charge on any atom is 0.374 e. The Bertz CT molecular complexity index is 928. The fraction of sp³-hybridized carbons (Fsp3) is 0.176. The zero-order valence-corrected chi connectivity index (χ0v) is 14.5. The molecule has 0 spiro atoms. The number of methoxy groups -OCH3 is 1. The lowest BCUT2D eigenvalue weighted by molar-refractivity contribution is -0.139. The Morgan fingerprint density at radius 1 is 1.27 bits per heavy atom. The first-order valence-corrected chi connectivity index (χ1v) is 8.40. The Morgan fingerprint density at radius 3 is 2.85 bits per heavy atom. The third-order valence-corrected chi connectivity index (χ3v) is 4.12. The Kier molecular flexibility index (Phi) is 5.28. The second-order valence-electron chi connectivity index (χ2n) is 5.17. The van der Waals surface area contributed by atoms with Gasteiger partial charge in [0.1, 0.15) is 5.58 Å². The number of amides is 1. The van der Waals surface area contributed by atoms with E-state index in [4.69, 9.17) is 9.15 Å². The van der Waals surface area contributed by atoms with Gasteiger partial charge in [-0.05, 0) is 12.1 Å². The Balaban J connectivity index is 1.52. The summed E-state index contributed by atoms with van der Waals surface area (Å²) in [5, 5.41) is 5.20. The second kappa shape index (κ2) is 7.79. The van der Waals surface area contributed by atoms with Gasteiger partial charge in [-0.3, -0.25) is 14.9 Å². The molecule has 2 aromatic heterocycles. The minimum atomic E-state index is -0.734. The van der Waals surface area contributed by atoms with Crippen molar-refractivity contribution < 1.29 is 28.3 Å². The summed E-state index contributed by atoms with van der Waals surface area (Å²) in [6.07, 6.45) is 0.0178. The lowest BCUT2D eigenvalue weighted by Crippen LogP contribution is -2.20. The van der Waals surface area contributed by atoms with E-state index in [1.807, 2.05) is 6.07 Å². The molecule has 9 heteroatoms. The molecular formula is C17H14N2O6S. The number of aromatic nitrogens is 1. The van der Waals surface area contributed by atoms with Crippen molar-refractivity contribution >= 4 is 45.3 Å². The molecule has 0 unspecified atom stereocenters. The van der Waals surface area contributed by atoms with Gasteiger partial charge in [0.15, 0.2) is 11.7 Å². The number of para-hydroxylation sites is 1. The number of carbonyl (C=O) groups excluding carboxylic acids is 3. The monoisotopic (exact) mass is 374 g/mol. The maximum absolute atomic E-state index is 12.0. The third-order valence-electron chi connectivity index (χ3n) is 3.31. The van der Waals surface area contributed by atoms with E-state index in [2.05, 4.69) is 15.0 Å². The number of hydrogen-bond acceptors (Lipinski definition) is 8. The standard InChI is InChI=1S/C17H14N2O6S/c1-23-15(21)7-11-9-26-17(18-11)19-14(20)8-24-16(22)13-6-10-4-2-3-5-12(10)25-13/h2-6,9H,7-8H2,1H3,(H,18,19,20). The molecule has 1 amide bonds. The number of thiazole rings is 1. The van der Waals surface area contributed by atoms with E-state index in [9.17, 15) is 14.4 Å². The highest BCUT2D eigenvalue weighted by Crippen LogP contribution is 2.19.